The summed E-state index contributed by atoms with van der Waals surface area (Å²) in [5.41, 5.74) is 9.58. The van der Waals surface area contributed by atoms with Crippen molar-refractivity contribution in [1.29, 1.82) is 0 Å². The Labute approximate surface area is 192 Å². The maximum atomic E-state index is 12.8. The Morgan fingerprint density at radius 3 is 2.45 bits per heavy atom. The average Bonchev–Trinajstić information content (AvgIpc) is 2.81. The lowest BCUT2D eigenvalue weighted by atomic mass is 9.86. The van der Waals surface area contributed by atoms with Gasteiger partial charge in [-0.1, -0.05) is 42.8 Å². The number of allylic oxidation sites excluding steroid dienone is 1. The molecule has 0 heterocycles. The van der Waals surface area contributed by atoms with E-state index in [2.05, 4.69) is 5.32 Å². The Morgan fingerprint density at radius 2 is 1.79 bits per heavy atom. The topological polar surface area (TPSA) is 127 Å². The summed E-state index contributed by atoms with van der Waals surface area (Å²) >= 11 is 0. The number of fused-ring (bicyclic) bond motifs is 1. The Bertz CT molecular complexity index is 1100. The van der Waals surface area contributed by atoms with Crippen LogP contribution in [0.25, 0.3) is 6.08 Å². The highest BCUT2D eigenvalue weighted by molar-refractivity contribution is 6.25. The molecule has 0 aliphatic heterocycles. The van der Waals surface area contributed by atoms with Crippen LogP contribution in [0.2, 0.25) is 0 Å². The van der Waals surface area contributed by atoms with Crippen LogP contribution in [0.3, 0.4) is 0 Å². The fourth-order valence-electron chi connectivity index (χ4n) is 3.91. The Kier molecular flexibility index (Phi) is 7.90. The van der Waals surface area contributed by atoms with Crippen LogP contribution >= 0.6 is 0 Å². The van der Waals surface area contributed by atoms with Gasteiger partial charge in [-0.15, -0.1) is 0 Å². The van der Waals surface area contributed by atoms with E-state index in [1.165, 1.54) is 0 Å². The molecule has 4 N–H and O–H groups in total. The molecule has 7 nitrogen and oxygen atoms in total. The van der Waals surface area contributed by atoms with Crippen LogP contribution < -0.4 is 11.1 Å². The maximum Gasteiger partial charge on any atom is 0.320 e. The molecule has 33 heavy (non-hydrogen) atoms. The maximum absolute atomic E-state index is 12.8. The van der Waals surface area contributed by atoms with Gasteiger partial charge in [0.2, 0.25) is 0 Å². The smallest absolute Gasteiger partial charge is 0.320 e. The number of Topliss-reactive ketones (excluding diaryl/α,β-unsaturated/α-hetero) is 3. The van der Waals surface area contributed by atoms with Gasteiger partial charge < -0.3 is 16.2 Å². The molecule has 0 radical (unpaired) electrons. The minimum absolute atomic E-state index is 0.0427. The minimum Gasteiger partial charge on any atom is -0.480 e. The summed E-state index contributed by atoms with van der Waals surface area (Å²) in [4.78, 5) is 48.5. The molecule has 0 spiro atoms. The largest absolute Gasteiger partial charge is 0.480 e. The molecule has 0 unspecified atom stereocenters. The molecule has 1 atom stereocenters. The van der Waals surface area contributed by atoms with E-state index >= 15 is 0 Å². The van der Waals surface area contributed by atoms with Crippen molar-refractivity contribution in [2.45, 2.75) is 44.6 Å². The molecule has 1 aliphatic rings. The van der Waals surface area contributed by atoms with E-state index in [1.807, 2.05) is 18.2 Å². The second-order valence-electron chi connectivity index (χ2n) is 8.19. The number of nitrogens with two attached hydrogens (primary N) is 1. The van der Waals surface area contributed by atoms with Crippen molar-refractivity contribution in [3.63, 3.8) is 0 Å². The second kappa shape index (κ2) is 10.8. The molecule has 0 amide bonds. The van der Waals surface area contributed by atoms with Gasteiger partial charge in [-0.25, -0.2) is 0 Å². The van der Waals surface area contributed by atoms with Gasteiger partial charge in [0.15, 0.2) is 17.3 Å². The van der Waals surface area contributed by atoms with Crippen molar-refractivity contribution >= 4 is 35.1 Å². The molecule has 0 fully saturated rings. The van der Waals surface area contributed by atoms with Crippen molar-refractivity contribution in [3.05, 3.63) is 70.3 Å². The van der Waals surface area contributed by atoms with Crippen LogP contribution in [0.5, 0.6) is 0 Å². The average molecular weight is 449 g/mol. The van der Waals surface area contributed by atoms with Crippen LogP contribution in [-0.4, -0.2) is 41.5 Å². The van der Waals surface area contributed by atoms with E-state index in [9.17, 15) is 19.2 Å². The molecule has 0 saturated carbocycles. The molecule has 1 aliphatic carbocycles. The first-order valence-corrected chi connectivity index (χ1v) is 11.0. The first kappa shape index (κ1) is 24.1. The fraction of sp³-hybridized carbons (Fsp3) is 0.308. The number of carbonyl (C=O) groups excluding carboxylic acids is 3. The SMILES string of the molecule is CNc1cccc2c1CC(=O)C(C(=O)Cc1ccc(C(=O)CCCC[C@H](N)C(=O)O)cc1)=C2. The van der Waals surface area contributed by atoms with E-state index in [0.717, 1.165) is 22.4 Å². The number of unbranched alkanes of at least 4 members (excludes halogenated alkanes) is 1. The number of hydrogen-bond acceptors (Lipinski definition) is 6. The summed E-state index contributed by atoms with van der Waals surface area (Å²) in [6.45, 7) is 0. The summed E-state index contributed by atoms with van der Waals surface area (Å²) in [6.07, 6.45) is 3.70. The number of benzene rings is 2. The quantitative estimate of drug-likeness (QED) is 0.274. The van der Waals surface area contributed by atoms with Crippen LogP contribution in [0, 0.1) is 0 Å². The van der Waals surface area contributed by atoms with Crippen molar-refractivity contribution in [3.8, 4) is 0 Å². The lowest BCUT2D eigenvalue weighted by Gasteiger charge is -2.18. The standard InChI is InChI=1S/C26H28N2O5/c1-28-22-7-4-5-18-14-20(25(31)15-19(18)22)24(30)13-16-9-11-17(12-10-16)23(29)8-3-2-6-21(27)26(32)33/h4-5,7,9-12,14,21,28H,2-3,6,8,13,15,27H2,1H3,(H,32,33)/t21-/m0/s1. The first-order chi connectivity index (χ1) is 15.8. The van der Waals surface area contributed by atoms with Crippen molar-refractivity contribution in [1.82, 2.24) is 0 Å². The number of anilines is 1. The van der Waals surface area contributed by atoms with Crippen molar-refractivity contribution < 1.29 is 24.3 Å². The molecule has 0 aromatic heterocycles. The third-order valence-electron chi connectivity index (χ3n) is 5.85. The number of carboxylic acid groups (broad SMARTS) is 1. The predicted octanol–water partition coefficient (Wildman–Crippen LogP) is 3.20. The lowest BCUT2D eigenvalue weighted by molar-refractivity contribution is -0.138. The molecule has 172 valence electrons. The zero-order valence-electron chi connectivity index (χ0n) is 18.6. The number of nitrogens with one attached hydrogen (secondary N) is 1. The molecule has 0 saturated heterocycles. The van der Waals surface area contributed by atoms with Gasteiger partial charge in [0.25, 0.3) is 0 Å². The summed E-state index contributed by atoms with van der Waals surface area (Å²) < 4.78 is 0. The van der Waals surface area contributed by atoms with E-state index in [4.69, 9.17) is 10.8 Å². The van der Waals surface area contributed by atoms with Crippen molar-refractivity contribution in [2.24, 2.45) is 5.73 Å². The number of rotatable bonds is 11. The molecular formula is C26H28N2O5. The number of carboxylic acids is 1. The minimum atomic E-state index is -1.04. The Balaban J connectivity index is 1.59. The first-order valence-electron chi connectivity index (χ1n) is 11.0. The van der Waals surface area contributed by atoms with Gasteiger partial charge in [-0.2, -0.15) is 0 Å². The zero-order valence-corrected chi connectivity index (χ0v) is 18.6. The Morgan fingerprint density at radius 1 is 1.06 bits per heavy atom. The summed E-state index contributed by atoms with van der Waals surface area (Å²) in [5, 5.41) is 11.9. The molecule has 0 bridgehead atoms. The Hall–Kier alpha value is -3.58. The normalized spacial score (nSPS) is 13.6. The molecule has 2 aromatic rings. The number of ketones is 3. The summed E-state index contributed by atoms with van der Waals surface area (Å²) in [5.74, 6) is -1.51. The summed E-state index contributed by atoms with van der Waals surface area (Å²) in [7, 11) is 1.80. The van der Waals surface area contributed by atoms with E-state index in [0.29, 0.717) is 31.2 Å². The highest BCUT2D eigenvalue weighted by Gasteiger charge is 2.25. The van der Waals surface area contributed by atoms with Gasteiger partial charge in [0.05, 0.1) is 5.57 Å². The molecular weight excluding hydrogens is 420 g/mol. The van der Waals surface area contributed by atoms with Gasteiger partial charge in [0.1, 0.15) is 6.04 Å². The number of hydrogen-bond donors (Lipinski definition) is 3. The number of carbonyl (C=O) groups is 4. The molecule has 7 heteroatoms. The monoisotopic (exact) mass is 448 g/mol. The molecule has 3 rings (SSSR count). The van der Waals surface area contributed by atoms with E-state index in [1.54, 1.807) is 37.4 Å². The lowest BCUT2D eigenvalue weighted by Crippen LogP contribution is -2.29. The third kappa shape index (κ3) is 6.02. The van der Waals surface area contributed by atoms with Crippen LogP contribution in [0.4, 0.5) is 5.69 Å². The zero-order chi connectivity index (χ0) is 24.0. The highest BCUT2D eigenvalue weighted by Crippen LogP contribution is 2.28. The van der Waals surface area contributed by atoms with Crippen LogP contribution in [0.1, 0.15) is 52.7 Å². The van der Waals surface area contributed by atoms with E-state index < -0.39 is 12.0 Å². The fourth-order valence-corrected chi connectivity index (χ4v) is 3.91. The second-order valence-corrected chi connectivity index (χ2v) is 8.19. The van der Waals surface area contributed by atoms with Crippen LogP contribution in [-0.2, 0) is 27.2 Å². The molecule has 2 aromatic carbocycles. The third-order valence-corrected chi connectivity index (χ3v) is 5.85. The summed E-state index contributed by atoms with van der Waals surface area (Å²) in [6, 6.07) is 11.6. The van der Waals surface area contributed by atoms with Gasteiger partial charge in [-0.3, -0.25) is 19.2 Å². The predicted molar refractivity (Wildman–Crippen MR) is 126 cm³/mol. The van der Waals surface area contributed by atoms with Crippen molar-refractivity contribution in [2.75, 3.05) is 12.4 Å². The van der Waals surface area contributed by atoms with Gasteiger partial charge >= 0.3 is 5.97 Å². The van der Waals surface area contributed by atoms with Gasteiger partial charge in [0, 0.05) is 37.6 Å². The highest BCUT2D eigenvalue weighted by atomic mass is 16.4. The van der Waals surface area contributed by atoms with E-state index in [-0.39, 0.29) is 35.8 Å². The van der Waals surface area contributed by atoms with Crippen LogP contribution in [0.15, 0.2) is 48.0 Å². The number of aliphatic carboxylic acids is 1. The van der Waals surface area contributed by atoms with Gasteiger partial charge in [-0.05, 0) is 41.7 Å².